The normalized spacial score (nSPS) is 16.2. The minimum absolute atomic E-state index is 0.363. The van der Waals surface area contributed by atoms with Gasteiger partial charge in [0.25, 0.3) is 0 Å². The highest BCUT2D eigenvalue weighted by atomic mass is 14.9. The Morgan fingerprint density at radius 2 is 1.89 bits per heavy atom. The molecule has 0 radical (unpaired) electrons. The predicted octanol–water partition coefficient (Wildman–Crippen LogP) is 1.58. The topological polar surface area (TPSA) is 12.0 Å². The van der Waals surface area contributed by atoms with Gasteiger partial charge in [0.2, 0.25) is 0 Å². The summed E-state index contributed by atoms with van der Waals surface area (Å²) in [6.07, 6.45) is 3.81. The second-order valence-electron chi connectivity index (χ2n) is 2.14. The molecular formula is C8H15N. The highest BCUT2D eigenvalue weighted by Crippen LogP contribution is 2.02. The van der Waals surface area contributed by atoms with Crippen molar-refractivity contribution < 1.29 is 0 Å². The molecule has 0 amide bonds. The lowest BCUT2D eigenvalue weighted by Gasteiger charge is -2.15. The van der Waals surface area contributed by atoms with Gasteiger partial charge in [-0.3, -0.25) is 0 Å². The highest BCUT2D eigenvalue weighted by Gasteiger charge is 2.05. The van der Waals surface area contributed by atoms with Gasteiger partial charge in [-0.1, -0.05) is 19.1 Å². The van der Waals surface area contributed by atoms with Gasteiger partial charge in [0, 0.05) is 6.04 Å². The van der Waals surface area contributed by atoms with E-state index in [0.717, 1.165) is 0 Å². The largest absolute Gasteiger partial charge is 0.313 e. The molecule has 2 unspecified atom stereocenters. The van der Waals surface area contributed by atoms with Crippen LogP contribution in [-0.4, -0.2) is 13.1 Å². The van der Waals surface area contributed by atoms with Crippen LogP contribution in [0.15, 0.2) is 25.3 Å². The SMILES string of the molecule is C=CC(C)C(C=C)NC. The average molecular weight is 125 g/mol. The Bertz CT molecular complexity index is 96.7. The summed E-state index contributed by atoms with van der Waals surface area (Å²) in [5.74, 6) is 0.465. The van der Waals surface area contributed by atoms with E-state index in [1.165, 1.54) is 0 Å². The summed E-state index contributed by atoms with van der Waals surface area (Å²) in [7, 11) is 1.92. The summed E-state index contributed by atoms with van der Waals surface area (Å²) in [4.78, 5) is 0. The van der Waals surface area contributed by atoms with E-state index >= 15 is 0 Å². The molecule has 0 aromatic rings. The van der Waals surface area contributed by atoms with E-state index in [1.54, 1.807) is 0 Å². The number of hydrogen-bond donors (Lipinski definition) is 1. The quantitative estimate of drug-likeness (QED) is 0.562. The molecule has 9 heavy (non-hydrogen) atoms. The molecule has 0 bridgehead atoms. The van der Waals surface area contributed by atoms with Crippen LogP contribution in [0.2, 0.25) is 0 Å². The van der Waals surface area contributed by atoms with Crippen molar-refractivity contribution in [3.63, 3.8) is 0 Å². The number of hydrogen-bond acceptors (Lipinski definition) is 1. The smallest absolute Gasteiger partial charge is 0.0304 e. The van der Waals surface area contributed by atoms with E-state index in [0.29, 0.717) is 12.0 Å². The summed E-state index contributed by atoms with van der Waals surface area (Å²) in [6.45, 7) is 9.49. The fraction of sp³-hybridized carbons (Fsp3) is 0.500. The van der Waals surface area contributed by atoms with E-state index in [-0.39, 0.29) is 0 Å². The number of rotatable bonds is 4. The van der Waals surface area contributed by atoms with Crippen molar-refractivity contribution in [2.24, 2.45) is 5.92 Å². The van der Waals surface area contributed by atoms with E-state index in [9.17, 15) is 0 Å². The lowest BCUT2D eigenvalue weighted by molar-refractivity contribution is 0.545. The molecule has 1 nitrogen and oxygen atoms in total. The first-order chi connectivity index (χ1) is 4.26. The molecule has 0 aliphatic carbocycles. The van der Waals surface area contributed by atoms with Crippen molar-refractivity contribution in [3.05, 3.63) is 25.3 Å². The Balaban J connectivity index is 3.77. The summed E-state index contributed by atoms with van der Waals surface area (Å²) >= 11 is 0. The maximum Gasteiger partial charge on any atom is 0.0304 e. The fourth-order valence-electron chi connectivity index (χ4n) is 0.742. The van der Waals surface area contributed by atoms with E-state index in [2.05, 4.69) is 25.4 Å². The van der Waals surface area contributed by atoms with Crippen LogP contribution in [-0.2, 0) is 0 Å². The molecule has 52 valence electrons. The van der Waals surface area contributed by atoms with E-state index in [4.69, 9.17) is 0 Å². The van der Waals surface area contributed by atoms with Gasteiger partial charge < -0.3 is 5.32 Å². The molecule has 0 saturated heterocycles. The van der Waals surface area contributed by atoms with Crippen molar-refractivity contribution in [1.29, 1.82) is 0 Å². The molecular weight excluding hydrogens is 110 g/mol. The van der Waals surface area contributed by atoms with Crippen LogP contribution in [0.5, 0.6) is 0 Å². The first-order valence-corrected chi connectivity index (χ1v) is 3.18. The molecule has 0 saturated carbocycles. The molecule has 0 fully saturated rings. The van der Waals surface area contributed by atoms with Crippen molar-refractivity contribution in [1.82, 2.24) is 5.32 Å². The van der Waals surface area contributed by atoms with Gasteiger partial charge >= 0.3 is 0 Å². The average Bonchev–Trinajstić information content (AvgIpc) is 1.90. The van der Waals surface area contributed by atoms with Crippen LogP contribution in [0.25, 0.3) is 0 Å². The third-order valence-electron chi connectivity index (χ3n) is 1.53. The van der Waals surface area contributed by atoms with Gasteiger partial charge in [0.1, 0.15) is 0 Å². The summed E-state index contributed by atoms with van der Waals surface area (Å²) in [5, 5.41) is 3.11. The maximum absolute atomic E-state index is 3.69. The van der Waals surface area contributed by atoms with Gasteiger partial charge in [0.05, 0.1) is 0 Å². The fourth-order valence-corrected chi connectivity index (χ4v) is 0.742. The highest BCUT2D eigenvalue weighted by molar-refractivity contribution is 4.95. The van der Waals surface area contributed by atoms with Crippen LogP contribution in [0.1, 0.15) is 6.92 Å². The minimum Gasteiger partial charge on any atom is -0.313 e. The van der Waals surface area contributed by atoms with E-state index in [1.807, 2.05) is 19.2 Å². The first-order valence-electron chi connectivity index (χ1n) is 3.18. The number of likely N-dealkylation sites (N-methyl/N-ethyl adjacent to an activating group) is 1. The molecule has 0 aromatic heterocycles. The lowest BCUT2D eigenvalue weighted by atomic mass is 10.0. The minimum atomic E-state index is 0.363. The lowest BCUT2D eigenvalue weighted by Crippen LogP contribution is -2.28. The van der Waals surface area contributed by atoms with Gasteiger partial charge in [-0.05, 0) is 13.0 Å². The van der Waals surface area contributed by atoms with Crippen LogP contribution in [0.4, 0.5) is 0 Å². The molecule has 0 aliphatic rings. The third kappa shape index (κ3) is 2.47. The second kappa shape index (κ2) is 4.33. The summed E-state index contributed by atoms with van der Waals surface area (Å²) in [5.41, 5.74) is 0. The Kier molecular flexibility index (Phi) is 4.06. The zero-order chi connectivity index (χ0) is 7.28. The Labute approximate surface area is 57.5 Å². The van der Waals surface area contributed by atoms with Crippen molar-refractivity contribution >= 4 is 0 Å². The Morgan fingerprint density at radius 1 is 1.33 bits per heavy atom. The van der Waals surface area contributed by atoms with Crippen LogP contribution in [0.3, 0.4) is 0 Å². The van der Waals surface area contributed by atoms with Crippen molar-refractivity contribution in [3.8, 4) is 0 Å². The maximum atomic E-state index is 3.69. The van der Waals surface area contributed by atoms with Gasteiger partial charge in [-0.15, -0.1) is 13.2 Å². The molecule has 1 N–H and O–H groups in total. The molecule has 0 spiro atoms. The molecule has 0 rings (SSSR count). The monoisotopic (exact) mass is 125 g/mol. The van der Waals surface area contributed by atoms with Gasteiger partial charge in [-0.25, -0.2) is 0 Å². The molecule has 2 atom stereocenters. The van der Waals surface area contributed by atoms with Crippen molar-refractivity contribution in [2.45, 2.75) is 13.0 Å². The van der Waals surface area contributed by atoms with Gasteiger partial charge in [0.15, 0.2) is 0 Å². The molecule has 0 aliphatic heterocycles. The molecule has 0 aromatic carbocycles. The van der Waals surface area contributed by atoms with Crippen LogP contribution in [0, 0.1) is 5.92 Å². The Hall–Kier alpha value is -0.560. The second-order valence-corrected chi connectivity index (χ2v) is 2.14. The predicted molar refractivity (Wildman–Crippen MR) is 42.4 cm³/mol. The van der Waals surface area contributed by atoms with Crippen LogP contribution >= 0.6 is 0 Å². The molecule has 0 heterocycles. The summed E-state index contributed by atoms with van der Waals surface area (Å²) in [6, 6.07) is 0.363. The standard InChI is InChI=1S/C8H15N/c1-5-7(3)8(6-2)9-4/h5-9H,1-2H2,3-4H3. The van der Waals surface area contributed by atoms with Crippen LogP contribution < -0.4 is 5.32 Å². The number of nitrogens with one attached hydrogen (secondary N) is 1. The third-order valence-corrected chi connectivity index (χ3v) is 1.53. The zero-order valence-electron chi connectivity index (χ0n) is 6.22. The summed E-state index contributed by atoms with van der Waals surface area (Å²) < 4.78 is 0. The zero-order valence-corrected chi connectivity index (χ0v) is 6.22. The Morgan fingerprint density at radius 3 is 2.00 bits per heavy atom. The van der Waals surface area contributed by atoms with Crippen molar-refractivity contribution in [2.75, 3.05) is 7.05 Å². The first kappa shape index (κ1) is 8.44. The van der Waals surface area contributed by atoms with Gasteiger partial charge in [-0.2, -0.15) is 0 Å². The van der Waals surface area contributed by atoms with E-state index < -0.39 is 0 Å². The molecule has 1 heteroatoms.